The van der Waals surface area contributed by atoms with Crippen molar-refractivity contribution in [2.24, 2.45) is 0 Å². The molecular formula is C17H14ClN7O2S. The summed E-state index contributed by atoms with van der Waals surface area (Å²) in [6, 6.07) is 12.2. The fourth-order valence-corrected chi connectivity index (χ4v) is 3.50. The van der Waals surface area contributed by atoms with Crippen molar-refractivity contribution in [2.45, 2.75) is 17.3 Å². The molecule has 0 saturated heterocycles. The molecule has 28 heavy (non-hydrogen) atoms. The quantitative estimate of drug-likeness (QED) is 0.431. The number of fused-ring (bicyclic) bond motifs is 1. The molecule has 1 amide bonds. The van der Waals surface area contributed by atoms with Crippen LogP contribution in [0.2, 0.25) is 5.02 Å². The van der Waals surface area contributed by atoms with Gasteiger partial charge in [0.15, 0.2) is 0 Å². The third-order valence-electron chi connectivity index (χ3n) is 3.95. The second-order valence-corrected chi connectivity index (χ2v) is 7.68. The van der Waals surface area contributed by atoms with E-state index in [1.165, 1.54) is 11.8 Å². The summed E-state index contributed by atoms with van der Waals surface area (Å²) in [6.07, 6.45) is 0. The monoisotopic (exact) mass is 415 g/mol. The van der Waals surface area contributed by atoms with Gasteiger partial charge in [0.2, 0.25) is 11.1 Å². The topological polar surface area (TPSA) is 121 Å². The minimum atomic E-state index is -0.460. The molecule has 3 N–H and O–H groups in total. The summed E-state index contributed by atoms with van der Waals surface area (Å²) in [5.74, 6) is -0.215. The first-order valence-corrected chi connectivity index (χ1v) is 9.49. The number of imidazole rings is 1. The molecule has 0 aliphatic heterocycles. The summed E-state index contributed by atoms with van der Waals surface area (Å²) in [7, 11) is 0. The molecule has 0 radical (unpaired) electrons. The van der Waals surface area contributed by atoms with Gasteiger partial charge in [-0.25, -0.2) is 4.79 Å². The number of tetrazole rings is 1. The zero-order valence-electron chi connectivity index (χ0n) is 14.5. The van der Waals surface area contributed by atoms with Gasteiger partial charge in [0, 0.05) is 10.7 Å². The normalized spacial score (nSPS) is 12.2. The van der Waals surface area contributed by atoms with Gasteiger partial charge < -0.3 is 15.3 Å². The van der Waals surface area contributed by atoms with Gasteiger partial charge in [-0.3, -0.25) is 4.79 Å². The smallest absolute Gasteiger partial charge is 0.323 e. The van der Waals surface area contributed by atoms with Crippen LogP contribution in [0.1, 0.15) is 6.92 Å². The maximum Gasteiger partial charge on any atom is 0.323 e. The van der Waals surface area contributed by atoms with Crippen molar-refractivity contribution in [3.8, 4) is 5.69 Å². The van der Waals surface area contributed by atoms with E-state index in [0.29, 0.717) is 26.9 Å². The average molecular weight is 416 g/mol. The molecular weight excluding hydrogens is 402 g/mol. The molecule has 0 spiro atoms. The van der Waals surface area contributed by atoms with Gasteiger partial charge in [-0.1, -0.05) is 23.4 Å². The summed E-state index contributed by atoms with van der Waals surface area (Å²) < 4.78 is 1.54. The number of carbonyl (C=O) groups excluding carboxylic acids is 1. The van der Waals surface area contributed by atoms with E-state index >= 15 is 0 Å². The molecule has 4 aromatic rings. The van der Waals surface area contributed by atoms with Crippen molar-refractivity contribution in [3.05, 3.63) is 58.0 Å². The number of hydrogen-bond donors (Lipinski definition) is 3. The lowest BCUT2D eigenvalue weighted by atomic mass is 10.2. The lowest BCUT2D eigenvalue weighted by molar-refractivity contribution is -0.115. The van der Waals surface area contributed by atoms with Crippen LogP contribution in [0.5, 0.6) is 0 Å². The minimum Gasteiger partial charge on any atom is -0.325 e. The van der Waals surface area contributed by atoms with E-state index in [4.69, 9.17) is 11.6 Å². The van der Waals surface area contributed by atoms with Gasteiger partial charge >= 0.3 is 5.69 Å². The van der Waals surface area contributed by atoms with Crippen molar-refractivity contribution < 1.29 is 4.79 Å². The maximum atomic E-state index is 12.6. The summed E-state index contributed by atoms with van der Waals surface area (Å²) in [5.41, 5.74) is 2.32. The van der Waals surface area contributed by atoms with Crippen molar-refractivity contribution in [2.75, 3.05) is 5.32 Å². The van der Waals surface area contributed by atoms with E-state index in [2.05, 4.69) is 30.8 Å². The van der Waals surface area contributed by atoms with Crippen LogP contribution in [0.25, 0.3) is 16.7 Å². The first kappa shape index (κ1) is 18.3. The molecule has 0 bridgehead atoms. The number of thioether (sulfide) groups is 1. The molecule has 142 valence electrons. The second-order valence-electron chi connectivity index (χ2n) is 5.94. The number of carbonyl (C=O) groups is 1. The zero-order chi connectivity index (χ0) is 19.7. The Morgan fingerprint density at radius 1 is 1.18 bits per heavy atom. The van der Waals surface area contributed by atoms with Crippen LogP contribution in [0.4, 0.5) is 5.69 Å². The third-order valence-corrected chi connectivity index (χ3v) is 5.23. The zero-order valence-corrected chi connectivity index (χ0v) is 16.1. The number of nitrogens with one attached hydrogen (secondary N) is 3. The number of aromatic amines is 2. The molecule has 11 heteroatoms. The predicted octanol–water partition coefficient (Wildman–Crippen LogP) is 2.60. The van der Waals surface area contributed by atoms with Gasteiger partial charge in [0.25, 0.3) is 0 Å². The molecule has 4 rings (SSSR count). The first-order valence-electron chi connectivity index (χ1n) is 8.23. The molecule has 1 atom stereocenters. The Morgan fingerprint density at radius 3 is 2.71 bits per heavy atom. The molecule has 2 heterocycles. The highest BCUT2D eigenvalue weighted by atomic mass is 35.5. The van der Waals surface area contributed by atoms with E-state index in [-0.39, 0.29) is 11.6 Å². The van der Waals surface area contributed by atoms with Crippen LogP contribution in [0, 0.1) is 0 Å². The summed E-state index contributed by atoms with van der Waals surface area (Å²) in [6.45, 7) is 1.76. The number of hydrogen-bond acceptors (Lipinski definition) is 6. The fourth-order valence-electron chi connectivity index (χ4n) is 2.56. The van der Waals surface area contributed by atoms with Crippen molar-refractivity contribution in [1.82, 2.24) is 30.2 Å². The van der Waals surface area contributed by atoms with Gasteiger partial charge in [-0.2, -0.15) is 4.68 Å². The Bertz CT molecular complexity index is 1200. The van der Waals surface area contributed by atoms with E-state index in [9.17, 15) is 9.59 Å². The molecule has 2 aromatic heterocycles. The standard InChI is InChI=1S/C17H14ClN7O2S/c1-9(15(26)19-11-4-7-13-14(8-11)21-16(27)20-13)28-17-22-23-24-25(17)12-5-2-10(18)3-6-12/h2-9H,1H3,(H,19,26)(H2,20,21,27)/t9-/m1/s1. The molecule has 0 aliphatic rings. The van der Waals surface area contributed by atoms with Crippen LogP contribution < -0.4 is 11.0 Å². The number of benzene rings is 2. The predicted molar refractivity (Wildman–Crippen MR) is 107 cm³/mol. The number of aromatic nitrogens is 6. The fraction of sp³-hybridized carbons (Fsp3) is 0.118. The molecule has 0 saturated carbocycles. The average Bonchev–Trinajstić information content (AvgIpc) is 3.27. The summed E-state index contributed by atoms with van der Waals surface area (Å²) in [4.78, 5) is 29.2. The van der Waals surface area contributed by atoms with E-state index < -0.39 is 5.25 Å². The number of rotatable bonds is 5. The highest BCUT2D eigenvalue weighted by Crippen LogP contribution is 2.25. The Labute approximate surface area is 167 Å². The number of amides is 1. The lowest BCUT2D eigenvalue weighted by Gasteiger charge is -2.12. The Morgan fingerprint density at radius 2 is 1.93 bits per heavy atom. The van der Waals surface area contributed by atoms with Gasteiger partial charge in [-0.15, -0.1) is 5.10 Å². The van der Waals surface area contributed by atoms with Gasteiger partial charge in [0.1, 0.15) is 0 Å². The van der Waals surface area contributed by atoms with Crippen LogP contribution in [0.3, 0.4) is 0 Å². The van der Waals surface area contributed by atoms with E-state index in [1.807, 2.05) is 0 Å². The molecule has 2 aromatic carbocycles. The maximum absolute atomic E-state index is 12.6. The third kappa shape index (κ3) is 3.78. The number of H-pyrrole nitrogens is 2. The van der Waals surface area contributed by atoms with Crippen LogP contribution >= 0.6 is 23.4 Å². The molecule has 0 unspecified atom stereocenters. The number of halogens is 1. The molecule has 0 fully saturated rings. The van der Waals surface area contributed by atoms with Crippen LogP contribution in [-0.2, 0) is 4.79 Å². The summed E-state index contributed by atoms with van der Waals surface area (Å²) in [5, 5.41) is 15.1. The van der Waals surface area contributed by atoms with Crippen LogP contribution in [-0.4, -0.2) is 41.3 Å². The number of anilines is 1. The molecule has 9 nitrogen and oxygen atoms in total. The highest BCUT2D eigenvalue weighted by Gasteiger charge is 2.19. The Kier molecular flexibility index (Phi) is 4.88. The minimum absolute atomic E-state index is 0.215. The van der Waals surface area contributed by atoms with Gasteiger partial charge in [0.05, 0.1) is 22.0 Å². The SMILES string of the molecule is C[C@@H](Sc1nnnn1-c1ccc(Cl)cc1)C(=O)Nc1ccc2[nH]c(=O)[nH]c2c1. The van der Waals surface area contributed by atoms with E-state index in [1.54, 1.807) is 54.1 Å². The van der Waals surface area contributed by atoms with Gasteiger partial charge in [-0.05, 0) is 59.8 Å². The largest absolute Gasteiger partial charge is 0.325 e. The Hall–Kier alpha value is -3.11. The number of nitrogens with zero attached hydrogens (tertiary/aromatic N) is 4. The van der Waals surface area contributed by atoms with Crippen molar-refractivity contribution >= 4 is 46.0 Å². The lowest BCUT2D eigenvalue weighted by Crippen LogP contribution is -2.22. The first-order chi connectivity index (χ1) is 13.5. The second kappa shape index (κ2) is 7.49. The summed E-state index contributed by atoms with van der Waals surface area (Å²) >= 11 is 7.14. The van der Waals surface area contributed by atoms with Crippen molar-refractivity contribution in [1.29, 1.82) is 0 Å². The highest BCUT2D eigenvalue weighted by molar-refractivity contribution is 8.00. The Balaban J connectivity index is 1.48. The van der Waals surface area contributed by atoms with E-state index in [0.717, 1.165) is 5.69 Å². The van der Waals surface area contributed by atoms with Crippen LogP contribution in [0.15, 0.2) is 52.4 Å². The molecule has 0 aliphatic carbocycles. The van der Waals surface area contributed by atoms with Crippen molar-refractivity contribution in [3.63, 3.8) is 0 Å².